The lowest BCUT2D eigenvalue weighted by Gasteiger charge is -2.13. The summed E-state index contributed by atoms with van der Waals surface area (Å²) in [5.74, 6) is -1.07. The van der Waals surface area contributed by atoms with Crippen molar-refractivity contribution in [1.29, 1.82) is 0 Å². The summed E-state index contributed by atoms with van der Waals surface area (Å²) >= 11 is 0. The second kappa shape index (κ2) is 6.41. The van der Waals surface area contributed by atoms with Crippen LogP contribution in [-0.2, 0) is 4.84 Å². The molecule has 0 radical (unpaired) electrons. The number of hydroxylamine groups is 1. The van der Waals surface area contributed by atoms with Crippen LogP contribution in [0.1, 0.15) is 31.1 Å². The van der Waals surface area contributed by atoms with E-state index in [0.29, 0.717) is 16.7 Å². The number of hydrogen-bond donors (Lipinski definition) is 1. The number of rotatable bonds is 5. The summed E-state index contributed by atoms with van der Waals surface area (Å²) in [6.45, 7) is 0.0887. The number of carbonyl (C=O) groups is 3. The zero-order valence-electron chi connectivity index (χ0n) is 12.2. The first kappa shape index (κ1) is 14.9. The quantitative estimate of drug-likeness (QED) is 0.517. The van der Waals surface area contributed by atoms with Gasteiger partial charge in [0.1, 0.15) is 0 Å². The lowest BCUT2D eigenvalue weighted by molar-refractivity contribution is 0.0227. The molecule has 23 heavy (non-hydrogen) atoms. The average molecular weight is 310 g/mol. The van der Waals surface area contributed by atoms with Gasteiger partial charge in [-0.15, -0.1) is 0 Å². The molecule has 0 saturated heterocycles. The Labute approximate surface area is 132 Å². The average Bonchev–Trinajstić information content (AvgIpc) is 2.84. The number of imide groups is 1. The molecule has 6 heteroatoms. The highest BCUT2D eigenvalue weighted by Crippen LogP contribution is 2.21. The van der Waals surface area contributed by atoms with Crippen molar-refractivity contribution >= 4 is 17.7 Å². The number of nitrogens with one attached hydrogen (secondary N) is 1. The smallest absolute Gasteiger partial charge is 0.272 e. The van der Waals surface area contributed by atoms with E-state index in [1.54, 1.807) is 54.6 Å². The molecule has 0 saturated carbocycles. The Kier molecular flexibility index (Phi) is 4.16. The topological polar surface area (TPSA) is 75.7 Å². The van der Waals surface area contributed by atoms with Crippen LogP contribution in [0.25, 0.3) is 0 Å². The van der Waals surface area contributed by atoms with Crippen LogP contribution < -0.4 is 5.48 Å². The predicted octanol–water partition coefficient (Wildman–Crippen LogP) is 1.64. The van der Waals surface area contributed by atoms with E-state index in [0.717, 1.165) is 4.90 Å². The molecule has 3 amide bonds. The number of benzene rings is 2. The van der Waals surface area contributed by atoms with Crippen LogP contribution in [0, 0.1) is 0 Å². The van der Waals surface area contributed by atoms with Crippen molar-refractivity contribution in [2.75, 3.05) is 13.2 Å². The third-order valence-corrected chi connectivity index (χ3v) is 3.50. The van der Waals surface area contributed by atoms with Crippen LogP contribution >= 0.6 is 0 Å². The van der Waals surface area contributed by atoms with E-state index in [1.807, 2.05) is 0 Å². The molecule has 0 aromatic heterocycles. The number of nitrogens with zero attached hydrogens (tertiary/aromatic N) is 1. The molecule has 2 aromatic rings. The molecule has 2 aromatic carbocycles. The summed E-state index contributed by atoms with van der Waals surface area (Å²) in [7, 11) is 0. The molecule has 1 heterocycles. The molecular weight excluding hydrogens is 296 g/mol. The lowest BCUT2D eigenvalue weighted by atomic mass is 10.1. The maximum Gasteiger partial charge on any atom is 0.274 e. The zero-order chi connectivity index (χ0) is 16.2. The van der Waals surface area contributed by atoms with Crippen molar-refractivity contribution < 1.29 is 19.2 Å². The summed E-state index contributed by atoms with van der Waals surface area (Å²) in [4.78, 5) is 42.2. The predicted molar refractivity (Wildman–Crippen MR) is 81.7 cm³/mol. The van der Waals surface area contributed by atoms with Crippen molar-refractivity contribution in [2.45, 2.75) is 0 Å². The van der Waals surface area contributed by atoms with Crippen LogP contribution in [0.5, 0.6) is 0 Å². The third-order valence-electron chi connectivity index (χ3n) is 3.50. The summed E-state index contributed by atoms with van der Waals surface area (Å²) in [5.41, 5.74) is 3.54. The van der Waals surface area contributed by atoms with E-state index < -0.39 is 0 Å². The lowest BCUT2D eigenvalue weighted by Crippen LogP contribution is -2.35. The van der Waals surface area contributed by atoms with Gasteiger partial charge < -0.3 is 0 Å². The highest BCUT2D eigenvalue weighted by atomic mass is 16.7. The Bertz CT molecular complexity index is 723. The first-order valence-corrected chi connectivity index (χ1v) is 7.11. The second-order valence-electron chi connectivity index (χ2n) is 4.95. The van der Waals surface area contributed by atoms with Gasteiger partial charge in [-0.25, -0.2) is 5.48 Å². The molecule has 1 aliphatic rings. The van der Waals surface area contributed by atoms with Gasteiger partial charge in [0.05, 0.1) is 24.3 Å². The highest BCUT2D eigenvalue weighted by molar-refractivity contribution is 6.21. The number of fused-ring (bicyclic) bond motifs is 1. The molecule has 1 N–H and O–H groups in total. The van der Waals surface area contributed by atoms with Gasteiger partial charge in [0.2, 0.25) is 0 Å². The van der Waals surface area contributed by atoms with Crippen LogP contribution in [0.2, 0.25) is 0 Å². The minimum atomic E-state index is -0.382. The third kappa shape index (κ3) is 2.97. The number of amides is 3. The Balaban J connectivity index is 1.52. The Morgan fingerprint density at radius 2 is 1.48 bits per heavy atom. The van der Waals surface area contributed by atoms with E-state index in [1.165, 1.54) is 0 Å². The molecule has 1 aliphatic heterocycles. The number of carbonyl (C=O) groups excluding carboxylic acids is 3. The Morgan fingerprint density at radius 1 is 0.913 bits per heavy atom. The van der Waals surface area contributed by atoms with Crippen LogP contribution in [-0.4, -0.2) is 35.8 Å². The van der Waals surface area contributed by atoms with E-state index in [2.05, 4.69) is 5.48 Å². The van der Waals surface area contributed by atoms with Crippen molar-refractivity contribution in [3.8, 4) is 0 Å². The molecule has 0 atom stereocenters. The van der Waals surface area contributed by atoms with Gasteiger partial charge in [0.15, 0.2) is 0 Å². The van der Waals surface area contributed by atoms with Crippen molar-refractivity contribution in [2.24, 2.45) is 0 Å². The Morgan fingerprint density at radius 3 is 2.09 bits per heavy atom. The van der Waals surface area contributed by atoms with E-state index in [9.17, 15) is 14.4 Å². The molecule has 0 spiro atoms. The normalized spacial score (nSPS) is 13.1. The molecule has 0 fully saturated rings. The van der Waals surface area contributed by atoms with Crippen LogP contribution in [0.4, 0.5) is 0 Å². The first-order chi connectivity index (χ1) is 11.2. The summed E-state index contributed by atoms with van der Waals surface area (Å²) < 4.78 is 0. The fraction of sp³-hybridized carbons (Fsp3) is 0.118. The fourth-order valence-electron chi connectivity index (χ4n) is 2.34. The molecule has 6 nitrogen and oxygen atoms in total. The molecule has 3 rings (SSSR count). The van der Waals surface area contributed by atoms with E-state index >= 15 is 0 Å². The SMILES string of the molecule is O=C(NOCCN1C(=O)c2ccccc2C1=O)c1ccccc1. The maximum absolute atomic E-state index is 12.1. The van der Waals surface area contributed by atoms with Crippen molar-refractivity contribution in [1.82, 2.24) is 10.4 Å². The highest BCUT2D eigenvalue weighted by Gasteiger charge is 2.34. The molecule has 0 aliphatic carbocycles. The van der Waals surface area contributed by atoms with Gasteiger partial charge >= 0.3 is 0 Å². The molecule has 0 bridgehead atoms. The van der Waals surface area contributed by atoms with Crippen LogP contribution in [0.3, 0.4) is 0 Å². The van der Waals surface area contributed by atoms with Gasteiger partial charge in [-0.05, 0) is 24.3 Å². The summed E-state index contributed by atoms with van der Waals surface area (Å²) in [6, 6.07) is 15.3. The van der Waals surface area contributed by atoms with E-state index in [4.69, 9.17) is 4.84 Å². The fourth-order valence-corrected chi connectivity index (χ4v) is 2.34. The van der Waals surface area contributed by atoms with Gasteiger partial charge in [-0.2, -0.15) is 0 Å². The first-order valence-electron chi connectivity index (χ1n) is 7.11. The monoisotopic (exact) mass is 310 g/mol. The van der Waals surface area contributed by atoms with Gasteiger partial charge in [0, 0.05) is 5.56 Å². The molecular formula is C17H14N2O4. The number of hydrogen-bond acceptors (Lipinski definition) is 4. The van der Waals surface area contributed by atoms with Crippen molar-refractivity contribution in [3.05, 3.63) is 71.3 Å². The van der Waals surface area contributed by atoms with E-state index in [-0.39, 0.29) is 30.9 Å². The molecule has 0 unspecified atom stereocenters. The maximum atomic E-state index is 12.1. The van der Waals surface area contributed by atoms with Crippen LogP contribution in [0.15, 0.2) is 54.6 Å². The molecule has 116 valence electrons. The summed E-state index contributed by atoms with van der Waals surface area (Å²) in [5, 5.41) is 0. The van der Waals surface area contributed by atoms with Gasteiger partial charge in [0.25, 0.3) is 17.7 Å². The standard InChI is InChI=1S/C17H14N2O4/c20-15(12-6-2-1-3-7-12)18-23-11-10-19-16(21)13-8-4-5-9-14(13)17(19)22/h1-9H,10-11H2,(H,18,20). The summed E-state index contributed by atoms with van der Waals surface area (Å²) in [6.07, 6.45) is 0. The van der Waals surface area contributed by atoms with Gasteiger partial charge in [-0.1, -0.05) is 30.3 Å². The zero-order valence-corrected chi connectivity index (χ0v) is 12.2. The minimum Gasteiger partial charge on any atom is -0.272 e. The Hall–Kier alpha value is -2.99. The van der Waals surface area contributed by atoms with Crippen molar-refractivity contribution in [3.63, 3.8) is 0 Å². The van der Waals surface area contributed by atoms with Gasteiger partial charge in [-0.3, -0.25) is 24.1 Å². The second-order valence-corrected chi connectivity index (χ2v) is 4.95. The largest absolute Gasteiger partial charge is 0.274 e. The minimum absolute atomic E-state index is 0.0179.